The number of rotatable bonds is 4. The maximum atomic E-state index is 11.7. The summed E-state index contributed by atoms with van der Waals surface area (Å²) in [6.07, 6.45) is -0.0232. The minimum absolute atomic E-state index is 0.0232. The van der Waals surface area contributed by atoms with Gasteiger partial charge >= 0.3 is 12.0 Å². The van der Waals surface area contributed by atoms with Crippen molar-refractivity contribution in [3.05, 3.63) is 35.4 Å². The maximum absolute atomic E-state index is 11.7. The molecule has 1 aromatic carbocycles. The van der Waals surface area contributed by atoms with Crippen molar-refractivity contribution in [2.75, 3.05) is 6.54 Å². The number of urea groups is 1. The predicted octanol–water partition coefficient (Wildman–Crippen LogP) is 1.36. The molecule has 0 spiro atoms. The van der Waals surface area contributed by atoms with Crippen LogP contribution in [0.3, 0.4) is 0 Å². The van der Waals surface area contributed by atoms with Crippen molar-refractivity contribution in [1.82, 2.24) is 10.2 Å². The third-order valence-corrected chi connectivity index (χ3v) is 3.07. The van der Waals surface area contributed by atoms with Crippen molar-refractivity contribution in [1.29, 1.82) is 0 Å². The third-order valence-electron chi connectivity index (χ3n) is 3.07. The monoisotopic (exact) mass is 248 g/mol. The van der Waals surface area contributed by atoms with E-state index in [-0.39, 0.29) is 18.5 Å². The number of carbonyl (C=O) groups is 2. The minimum atomic E-state index is -0.884. The van der Waals surface area contributed by atoms with Crippen LogP contribution in [0.4, 0.5) is 4.79 Å². The van der Waals surface area contributed by atoms with Crippen LogP contribution in [-0.4, -0.2) is 34.6 Å². The van der Waals surface area contributed by atoms with Gasteiger partial charge in [-0.1, -0.05) is 29.8 Å². The number of hydrogen-bond acceptors (Lipinski definition) is 2. The first-order chi connectivity index (χ1) is 8.56. The van der Waals surface area contributed by atoms with Crippen LogP contribution >= 0.6 is 0 Å². The first-order valence-electron chi connectivity index (χ1n) is 5.88. The van der Waals surface area contributed by atoms with Gasteiger partial charge in [0.2, 0.25) is 0 Å². The summed E-state index contributed by atoms with van der Waals surface area (Å²) in [4.78, 5) is 24.0. The Kier molecular flexibility index (Phi) is 3.50. The highest BCUT2D eigenvalue weighted by Crippen LogP contribution is 2.15. The topological polar surface area (TPSA) is 69.6 Å². The van der Waals surface area contributed by atoms with E-state index in [1.54, 1.807) is 4.90 Å². The SMILES string of the molecule is Cc1ccc(CN2C(=O)NCC2CC(=O)O)cc1. The number of carbonyl (C=O) groups excluding carboxylic acids is 1. The molecule has 18 heavy (non-hydrogen) atoms. The Morgan fingerprint density at radius 2 is 2.11 bits per heavy atom. The number of carboxylic acids is 1. The summed E-state index contributed by atoms with van der Waals surface area (Å²) in [5, 5.41) is 11.5. The molecule has 1 unspecified atom stereocenters. The molecule has 1 fully saturated rings. The third kappa shape index (κ3) is 2.80. The van der Waals surface area contributed by atoms with Crippen LogP contribution in [0.25, 0.3) is 0 Å². The van der Waals surface area contributed by atoms with Gasteiger partial charge in [0.15, 0.2) is 0 Å². The van der Waals surface area contributed by atoms with E-state index in [1.807, 2.05) is 31.2 Å². The summed E-state index contributed by atoms with van der Waals surface area (Å²) in [6, 6.07) is 7.42. The van der Waals surface area contributed by atoms with Crippen molar-refractivity contribution in [3.63, 3.8) is 0 Å². The van der Waals surface area contributed by atoms with Gasteiger partial charge in [-0.15, -0.1) is 0 Å². The van der Waals surface area contributed by atoms with Gasteiger partial charge in [-0.2, -0.15) is 0 Å². The molecule has 0 radical (unpaired) electrons. The first-order valence-corrected chi connectivity index (χ1v) is 5.88. The van der Waals surface area contributed by atoms with E-state index in [0.717, 1.165) is 11.1 Å². The Hall–Kier alpha value is -2.04. The molecule has 0 saturated carbocycles. The zero-order valence-corrected chi connectivity index (χ0v) is 10.2. The van der Waals surface area contributed by atoms with E-state index < -0.39 is 5.97 Å². The molecule has 2 N–H and O–H groups in total. The lowest BCUT2D eigenvalue weighted by molar-refractivity contribution is -0.137. The van der Waals surface area contributed by atoms with Gasteiger partial charge in [0, 0.05) is 13.1 Å². The van der Waals surface area contributed by atoms with E-state index in [9.17, 15) is 9.59 Å². The summed E-state index contributed by atoms with van der Waals surface area (Å²) in [5.74, 6) is -0.884. The highest BCUT2D eigenvalue weighted by Gasteiger charge is 2.31. The average Bonchev–Trinajstić information content (AvgIpc) is 2.64. The minimum Gasteiger partial charge on any atom is -0.481 e. The highest BCUT2D eigenvalue weighted by atomic mass is 16.4. The molecule has 0 bridgehead atoms. The molecule has 1 aliphatic heterocycles. The first kappa shape index (κ1) is 12.4. The quantitative estimate of drug-likeness (QED) is 0.845. The molecule has 5 nitrogen and oxygen atoms in total. The van der Waals surface area contributed by atoms with Crippen LogP contribution in [0.15, 0.2) is 24.3 Å². The van der Waals surface area contributed by atoms with Crippen molar-refractivity contribution in [2.45, 2.75) is 25.9 Å². The van der Waals surface area contributed by atoms with Crippen molar-refractivity contribution < 1.29 is 14.7 Å². The normalized spacial score (nSPS) is 18.8. The second kappa shape index (κ2) is 5.08. The van der Waals surface area contributed by atoms with E-state index >= 15 is 0 Å². The molecule has 96 valence electrons. The summed E-state index contributed by atoms with van der Waals surface area (Å²) in [6.45, 7) is 2.85. The predicted molar refractivity (Wildman–Crippen MR) is 66.2 cm³/mol. The molecule has 0 aromatic heterocycles. The Morgan fingerprint density at radius 3 is 2.72 bits per heavy atom. The van der Waals surface area contributed by atoms with Crippen LogP contribution in [0.5, 0.6) is 0 Å². The van der Waals surface area contributed by atoms with Crippen molar-refractivity contribution >= 4 is 12.0 Å². The van der Waals surface area contributed by atoms with Gasteiger partial charge < -0.3 is 15.3 Å². The fourth-order valence-corrected chi connectivity index (χ4v) is 2.06. The smallest absolute Gasteiger partial charge is 0.318 e. The Morgan fingerprint density at radius 1 is 1.44 bits per heavy atom. The number of hydrogen-bond donors (Lipinski definition) is 2. The molecule has 1 aliphatic rings. The second-order valence-electron chi connectivity index (χ2n) is 4.55. The zero-order chi connectivity index (χ0) is 13.1. The second-order valence-corrected chi connectivity index (χ2v) is 4.55. The van der Waals surface area contributed by atoms with E-state index in [1.165, 1.54) is 0 Å². The lowest BCUT2D eigenvalue weighted by atomic mass is 10.1. The number of nitrogens with zero attached hydrogens (tertiary/aromatic N) is 1. The summed E-state index contributed by atoms with van der Waals surface area (Å²) in [7, 11) is 0. The highest BCUT2D eigenvalue weighted by molar-refractivity contribution is 5.78. The molecule has 0 aliphatic carbocycles. The summed E-state index contributed by atoms with van der Waals surface area (Å²) in [5.41, 5.74) is 2.17. The molecular weight excluding hydrogens is 232 g/mol. The maximum Gasteiger partial charge on any atom is 0.318 e. The lowest BCUT2D eigenvalue weighted by Gasteiger charge is -2.21. The summed E-state index contributed by atoms with van der Waals surface area (Å²) < 4.78 is 0. The van der Waals surface area contributed by atoms with E-state index in [4.69, 9.17) is 5.11 Å². The molecule has 1 atom stereocenters. The van der Waals surface area contributed by atoms with Crippen LogP contribution in [0.1, 0.15) is 17.5 Å². The van der Waals surface area contributed by atoms with Gasteiger partial charge in [0.25, 0.3) is 0 Å². The van der Waals surface area contributed by atoms with E-state index in [0.29, 0.717) is 13.1 Å². The number of amides is 2. The number of aliphatic carboxylic acids is 1. The molecule has 1 heterocycles. The molecule has 1 saturated heterocycles. The Balaban J connectivity index is 2.07. The van der Waals surface area contributed by atoms with Gasteiger partial charge in [-0.05, 0) is 12.5 Å². The number of carboxylic acid groups (broad SMARTS) is 1. The van der Waals surface area contributed by atoms with Gasteiger partial charge in [-0.3, -0.25) is 4.79 Å². The number of aryl methyl sites for hydroxylation is 1. The molecule has 5 heteroatoms. The fraction of sp³-hybridized carbons (Fsp3) is 0.385. The lowest BCUT2D eigenvalue weighted by Crippen LogP contribution is -2.35. The Bertz CT molecular complexity index is 456. The number of nitrogens with one attached hydrogen (secondary N) is 1. The summed E-state index contributed by atoms with van der Waals surface area (Å²) >= 11 is 0. The van der Waals surface area contributed by atoms with Crippen LogP contribution < -0.4 is 5.32 Å². The van der Waals surface area contributed by atoms with Crippen molar-refractivity contribution in [3.8, 4) is 0 Å². The standard InChI is InChI=1S/C13H16N2O3/c1-9-2-4-10(5-3-9)8-15-11(6-12(16)17)7-14-13(15)18/h2-5,11H,6-8H2,1H3,(H,14,18)(H,16,17). The fourth-order valence-electron chi connectivity index (χ4n) is 2.06. The molecule has 2 amide bonds. The van der Waals surface area contributed by atoms with Crippen LogP contribution in [0.2, 0.25) is 0 Å². The largest absolute Gasteiger partial charge is 0.481 e. The molecule has 2 rings (SSSR count). The van der Waals surface area contributed by atoms with Crippen LogP contribution in [0, 0.1) is 6.92 Å². The van der Waals surface area contributed by atoms with Crippen LogP contribution in [-0.2, 0) is 11.3 Å². The van der Waals surface area contributed by atoms with Crippen molar-refractivity contribution in [2.24, 2.45) is 0 Å². The van der Waals surface area contributed by atoms with Gasteiger partial charge in [0.05, 0.1) is 12.5 Å². The van der Waals surface area contributed by atoms with Gasteiger partial charge in [0.1, 0.15) is 0 Å². The zero-order valence-electron chi connectivity index (χ0n) is 10.2. The molecule has 1 aromatic rings. The average molecular weight is 248 g/mol. The van der Waals surface area contributed by atoms with Gasteiger partial charge in [-0.25, -0.2) is 4.79 Å². The molecular formula is C13H16N2O3. The Labute approximate surface area is 105 Å². The van der Waals surface area contributed by atoms with E-state index in [2.05, 4.69) is 5.32 Å². The number of benzene rings is 1.